The van der Waals surface area contributed by atoms with Gasteiger partial charge in [-0.1, -0.05) is 19.9 Å². The van der Waals surface area contributed by atoms with Crippen molar-refractivity contribution in [3.8, 4) is 5.75 Å². The van der Waals surface area contributed by atoms with E-state index in [0.29, 0.717) is 11.8 Å². The van der Waals surface area contributed by atoms with Crippen LogP contribution in [0.3, 0.4) is 0 Å². The van der Waals surface area contributed by atoms with E-state index in [9.17, 15) is 5.11 Å². The molecule has 0 saturated heterocycles. The minimum Gasteiger partial charge on any atom is -0.508 e. The van der Waals surface area contributed by atoms with Gasteiger partial charge in [-0.05, 0) is 39.8 Å². The Morgan fingerprint density at radius 1 is 1.21 bits per heavy atom. The van der Waals surface area contributed by atoms with E-state index in [1.54, 1.807) is 0 Å². The summed E-state index contributed by atoms with van der Waals surface area (Å²) < 4.78 is 0. The van der Waals surface area contributed by atoms with Gasteiger partial charge in [0, 0.05) is 35.9 Å². The van der Waals surface area contributed by atoms with Crippen molar-refractivity contribution in [3.63, 3.8) is 0 Å². The summed E-state index contributed by atoms with van der Waals surface area (Å²) in [7, 11) is 0. The minimum atomic E-state index is 0.178. The number of nitrogens with one attached hydrogen (secondary N) is 1. The van der Waals surface area contributed by atoms with E-state index in [-0.39, 0.29) is 6.04 Å². The zero-order chi connectivity index (χ0) is 14.4. The SMILES string of the molecule is CCNC(C)c1ccc(N(CC)C(C)CC)cc1O. The molecule has 0 spiro atoms. The van der Waals surface area contributed by atoms with Gasteiger partial charge in [0.05, 0.1) is 0 Å². The number of aromatic hydroxyl groups is 1. The number of nitrogens with zero attached hydrogens (tertiary/aromatic N) is 1. The summed E-state index contributed by atoms with van der Waals surface area (Å²) >= 11 is 0. The summed E-state index contributed by atoms with van der Waals surface area (Å²) in [6.45, 7) is 12.6. The average molecular weight is 264 g/mol. The van der Waals surface area contributed by atoms with Gasteiger partial charge in [0.1, 0.15) is 5.75 Å². The van der Waals surface area contributed by atoms with E-state index >= 15 is 0 Å². The molecule has 1 aromatic rings. The highest BCUT2D eigenvalue weighted by atomic mass is 16.3. The summed E-state index contributed by atoms with van der Waals surface area (Å²) in [4.78, 5) is 2.32. The molecule has 2 unspecified atom stereocenters. The van der Waals surface area contributed by atoms with Crippen LogP contribution in [0.5, 0.6) is 5.75 Å². The molecule has 1 rings (SSSR count). The molecular formula is C16H28N2O. The third kappa shape index (κ3) is 3.87. The number of hydrogen-bond acceptors (Lipinski definition) is 3. The van der Waals surface area contributed by atoms with Gasteiger partial charge in [-0.25, -0.2) is 0 Å². The molecule has 0 bridgehead atoms. The van der Waals surface area contributed by atoms with E-state index in [1.807, 2.05) is 12.1 Å². The van der Waals surface area contributed by atoms with Gasteiger partial charge in [-0.15, -0.1) is 0 Å². The molecule has 0 aliphatic heterocycles. The molecule has 0 aliphatic carbocycles. The molecule has 19 heavy (non-hydrogen) atoms. The maximum absolute atomic E-state index is 10.2. The van der Waals surface area contributed by atoms with Crippen LogP contribution in [0.15, 0.2) is 18.2 Å². The molecule has 0 fully saturated rings. The number of anilines is 1. The highest BCUT2D eigenvalue weighted by molar-refractivity contribution is 5.54. The predicted octanol–water partition coefficient (Wildman–Crippen LogP) is 3.69. The molecule has 0 saturated carbocycles. The van der Waals surface area contributed by atoms with Crippen molar-refractivity contribution in [1.82, 2.24) is 5.32 Å². The third-order valence-corrected chi connectivity index (χ3v) is 3.79. The van der Waals surface area contributed by atoms with Crippen LogP contribution in [0.4, 0.5) is 5.69 Å². The first-order chi connectivity index (χ1) is 9.04. The summed E-state index contributed by atoms with van der Waals surface area (Å²) in [6.07, 6.45) is 1.10. The van der Waals surface area contributed by atoms with Crippen LogP contribution in [0, 0.1) is 0 Å². The average Bonchev–Trinajstić information content (AvgIpc) is 2.39. The standard InChI is InChI=1S/C16H28N2O/c1-6-12(4)18(8-3)14-9-10-15(16(19)11-14)13(5)17-7-2/h9-13,17,19H,6-8H2,1-5H3. The van der Waals surface area contributed by atoms with E-state index in [2.05, 4.69) is 50.9 Å². The van der Waals surface area contributed by atoms with Crippen molar-refractivity contribution in [2.75, 3.05) is 18.0 Å². The normalized spacial score (nSPS) is 14.2. The van der Waals surface area contributed by atoms with Gasteiger partial charge in [0.2, 0.25) is 0 Å². The quantitative estimate of drug-likeness (QED) is 0.788. The fourth-order valence-corrected chi connectivity index (χ4v) is 2.46. The predicted molar refractivity (Wildman–Crippen MR) is 83.0 cm³/mol. The Hall–Kier alpha value is -1.22. The topological polar surface area (TPSA) is 35.5 Å². The molecular weight excluding hydrogens is 236 g/mol. The van der Waals surface area contributed by atoms with Crippen LogP contribution in [0.1, 0.15) is 52.6 Å². The molecule has 2 N–H and O–H groups in total. The fraction of sp³-hybridized carbons (Fsp3) is 0.625. The highest BCUT2D eigenvalue weighted by Crippen LogP contribution is 2.30. The lowest BCUT2D eigenvalue weighted by Gasteiger charge is -2.30. The maximum Gasteiger partial charge on any atom is 0.122 e. The number of phenols is 1. The van der Waals surface area contributed by atoms with E-state index in [1.165, 1.54) is 0 Å². The molecule has 2 atom stereocenters. The van der Waals surface area contributed by atoms with Crippen LogP contribution in [-0.2, 0) is 0 Å². The number of hydrogen-bond donors (Lipinski definition) is 2. The Kier molecular flexibility index (Phi) is 6.16. The van der Waals surface area contributed by atoms with Crippen LogP contribution in [-0.4, -0.2) is 24.2 Å². The zero-order valence-corrected chi connectivity index (χ0v) is 12.9. The fourth-order valence-electron chi connectivity index (χ4n) is 2.46. The molecule has 0 heterocycles. The first kappa shape index (κ1) is 15.8. The van der Waals surface area contributed by atoms with Crippen molar-refractivity contribution >= 4 is 5.69 Å². The van der Waals surface area contributed by atoms with Crippen molar-refractivity contribution in [3.05, 3.63) is 23.8 Å². The van der Waals surface area contributed by atoms with Crippen molar-refractivity contribution in [2.24, 2.45) is 0 Å². The number of benzene rings is 1. The lowest BCUT2D eigenvalue weighted by molar-refractivity contribution is 0.454. The third-order valence-electron chi connectivity index (χ3n) is 3.79. The monoisotopic (exact) mass is 264 g/mol. The Morgan fingerprint density at radius 3 is 2.37 bits per heavy atom. The summed E-state index contributed by atoms with van der Waals surface area (Å²) in [5.41, 5.74) is 2.06. The maximum atomic E-state index is 10.2. The molecule has 0 aliphatic rings. The minimum absolute atomic E-state index is 0.178. The first-order valence-electron chi connectivity index (χ1n) is 7.37. The second-order valence-electron chi connectivity index (χ2n) is 5.07. The molecule has 3 heteroatoms. The molecule has 1 aromatic carbocycles. The van der Waals surface area contributed by atoms with Gasteiger partial charge < -0.3 is 15.3 Å². The number of phenolic OH excluding ortho intramolecular Hbond substituents is 1. The Bertz CT molecular complexity index is 392. The molecule has 3 nitrogen and oxygen atoms in total. The Morgan fingerprint density at radius 2 is 1.89 bits per heavy atom. The largest absolute Gasteiger partial charge is 0.508 e. The van der Waals surface area contributed by atoms with Crippen LogP contribution >= 0.6 is 0 Å². The smallest absolute Gasteiger partial charge is 0.122 e. The number of rotatable bonds is 7. The zero-order valence-electron chi connectivity index (χ0n) is 12.9. The van der Waals surface area contributed by atoms with E-state index in [0.717, 1.165) is 30.8 Å². The second-order valence-corrected chi connectivity index (χ2v) is 5.07. The molecule has 108 valence electrons. The van der Waals surface area contributed by atoms with Crippen molar-refractivity contribution in [1.29, 1.82) is 0 Å². The van der Waals surface area contributed by atoms with Crippen LogP contribution in [0.25, 0.3) is 0 Å². The summed E-state index contributed by atoms with van der Waals surface area (Å²) in [6, 6.07) is 6.69. The summed E-state index contributed by atoms with van der Waals surface area (Å²) in [5, 5.41) is 13.5. The molecule has 0 radical (unpaired) electrons. The summed E-state index contributed by atoms with van der Waals surface area (Å²) in [5.74, 6) is 0.382. The first-order valence-corrected chi connectivity index (χ1v) is 7.37. The second kappa shape index (κ2) is 7.39. The molecule has 0 amide bonds. The van der Waals surface area contributed by atoms with E-state index < -0.39 is 0 Å². The van der Waals surface area contributed by atoms with Crippen LogP contribution in [0.2, 0.25) is 0 Å². The van der Waals surface area contributed by atoms with Gasteiger partial charge in [0.25, 0.3) is 0 Å². The van der Waals surface area contributed by atoms with Gasteiger partial charge in [-0.3, -0.25) is 0 Å². The Balaban J connectivity index is 2.98. The van der Waals surface area contributed by atoms with Gasteiger partial charge >= 0.3 is 0 Å². The van der Waals surface area contributed by atoms with Gasteiger partial charge in [0.15, 0.2) is 0 Å². The van der Waals surface area contributed by atoms with Gasteiger partial charge in [-0.2, -0.15) is 0 Å². The van der Waals surface area contributed by atoms with Crippen LogP contribution < -0.4 is 10.2 Å². The van der Waals surface area contributed by atoms with E-state index in [4.69, 9.17) is 0 Å². The lowest BCUT2D eigenvalue weighted by atomic mass is 10.1. The highest BCUT2D eigenvalue weighted by Gasteiger charge is 2.14. The lowest BCUT2D eigenvalue weighted by Crippen LogP contribution is -2.32. The molecule has 0 aromatic heterocycles. The van der Waals surface area contributed by atoms with Crippen molar-refractivity contribution < 1.29 is 5.11 Å². The van der Waals surface area contributed by atoms with Crippen molar-refractivity contribution in [2.45, 2.75) is 53.1 Å². The Labute approximate surface area is 117 Å².